The van der Waals surface area contributed by atoms with E-state index in [1.165, 1.54) is 47.4 Å². The van der Waals surface area contributed by atoms with Crippen LogP contribution in [-0.2, 0) is 26.2 Å². The number of carbonyl (C=O) groups is 2. The van der Waals surface area contributed by atoms with Gasteiger partial charge in [0.15, 0.2) is 0 Å². The molecule has 202 valence electrons. The highest BCUT2D eigenvalue weighted by Crippen LogP contribution is 2.28. The lowest BCUT2D eigenvalue weighted by atomic mass is 10.1. The Hall–Kier alpha value is -3.43. The SMILES string of the molecule is CCCNC(=O)C(C)N(Cc1ccc(F)cc1)C(=O)CN(c1ccc(C)c(Cl)c1)S(=O)(=O)c1ccccc1. The zero-order valence-electron chi connectivity index (χ0n) is 21.5. The van der Waals surface area contributed by atoms with Gasteiger partial charge < -0.3 is 10.2 Å². The number of nitrogens with one attached hydrogen (secondary N) is 1. The van der Waals surface area contributed by atoms with Crippen molar-refractivity contribution in [1.82, 2.24) is 10.2 Å². The molecule has 0 saturated heterocycles. The molecule has 3 aromatic rings. The largest absolute Gasteiger partial charge is 0.354 e. The van der Waals surface area contributed by atoms with E-state index in [1.54, 1.807) is 44.2 Å². The maximum atomic E-state index is 13.8. The summed E-state index contributed by atoms with van der Waals surface area (Å²) >= 11 is 6.31. The average Bonchev–Trinajstić information content (AvgIpc) is 2.91. The molecule has 0 spiro atoms. The molecule has 7 nitrogen and oxygen atoms in total. The first-order chi connectivity index (χ1) is 18.0. The van der Waals surface area contributed by atoms with Crippen LogP contribution in [0.15, 0.2) is 77.7 Å². The standard InChI is InChI=1S/C28H31ClFN3O4S/c1-4-16-31-28(35)21(3)32(18-22-11-13-23(30)14-12-22)27(34)19-33(24-15-10-20(2)26(29)17-24)38(36,37)25-8-6-5-7-9-25/h5-15,17,21H,4,16,18-19H2,1-3H3,(H,31,35). The molecule has 1 N–H and O–H groups in total. The highest BCUT2D eigenvalue weighted by molar-refractivity contribution is 7.92. The maximum Gasteiger partial charge on any atom is 0.264 e. The molecule has 0 radical (unpaired) electrons. The number of benzene rings is 3. The molecule has 0 aliphatic heterocycles. The Morgan fingerprint density at radius 3 is 2.29 bits per heavy atom. The summed E-state index contributed by atoms with van der Waals surface area (Å²) in [6.45, 7) is 5.10. The van der Waals surface area contributed by atoms with E-state index in [0.717, 1.165) is 9.87 Å². The molecule has 3 rings (SSSR count). The Morgan fingerprint density at radius 1 is 1.03 bits per heavy atom. The topological polar surface area (TPSA) is 86.8 Å². The first-order valence-electron chi connectivity index (χ1n) is 12.2. The molecule has 1 atom stereocenters. The van der Waals surface area contributed by atoms with Gasteiger partial charge in [-0.25, -0.2) is 12.8 Å². The van der Waals surface area contributed by atoms with Crippen molar-refractivity contribution < 1.29 is 22.4 Å². The minimum absolute atomic E-state index is 0.00307. The molecule has 2 amide bonds. The zero-order chi connectivity index (χ0) is 27.9. The number of hydrogen-bond acceptors (Lipinski definition) is 4. The van der Waals surface area contributed by atoms with Gasteiger partial charge in [0.1, 0.15) is 18.4 Å². The second-order valence-corrected chi connectivity index (χ2v) is 11.1. The van der Waals surface area contributed by atoms with Crippen molar-refractivity contribution in [2.45, 2.75) is 44.7 Å². The average molecular weight is 560 g/mol. The predicted molar refractivity (Wildman–Crippen MR) is 147 cm³/mol. The third kappa shape index (κ3) is 7.11. The minimum atomic E-state index is -4.17. The number of halogens is 2. The summed E-state index contributed by atoms with van der Waals surface area (Å²) in [7, 11) is -4.17. The van der Waals surface area contributed by atoms with E-state index in [4.69, 9.17) is 11.6 Å². The van der Waals surface area contributed by atoms with Gasteiger partial charge in [-0.15, -0.1) is 0 Å². The number of nitrogens with zero attached hydrogens (tertiary/aromatic N) is 2. The summed E-state index contributed by atoms with van der Waals surface area (Å²) in [6, 6.07) is 17.2. The molecule has 0 aromatic heterocycles. The molecule has 0 bridgehead atoms. The Labute approximate surface area is 228 Å². The van der Waals surface area contributed by atoms with Gasteiger partial charge in [0.2, 0.25) is 11.8 Å². The van der Waals surface area contributed by atoms with Gasteiger partial charge in [0, 0.05) is 18.1 Å². The highest BCUT2D eigenvalue weighted by atomic mass is 35.5. The Balaban J connectivity index is 2.02. The molecule has 0 heterocycles. The smallest absolute Gasteiger partial charge is 0.264 e. The van der Waals surface area contributed by atoms with E-state index in [9.17, 15) is 22.4 Å². The maximum absolute atomic E-state index is 13.8. The van der Waals surface area contributed by atoms with Crippen LogP contribution in [0.2, 0.25) is 5.02 Å². The first kappa shape index (κ1) is 29.1. The Bertz CT molecular complexity index is 1370. The molecule has 10 heteroatoms. The van der Waals surface area contributed by atoms with Gasteiger partial charge in [0.05, 0.1) is 10.6 Å². The second-order valence-electron chi connectivity index (χ2n) is 8.87. The number of carbonyl (C=O) groups excluding carboxylic acids is 2. The zero-order valence-corrected chi connectivity index (χ0v) is 23.1. The summed E-state index contributed by atoms with van der Waals surface area (Å²) in [6.07, 6.45) is 0.710. The van der Waals surface area contributed by atoms with Crippen molar-refractivity contribution in [2.75, 3.05) is 17.4 Å². The van der Waals surface area contributed by atoms with Crippen LogP contribution in [0, 0.1) is 12.7 Å². The van der Waals surface area contributed by atoms with Crippen LogP contribution in [0.3, 0.4) is 0 Å². The lowest BCUT2D eigenvalue weighted by molar-refractivity contribution is -0.139. The third-order valence-electron chi connectivity index (χ3n) is 6.04. The summed E-state index contributed by atoms with van der Waals surface area (Å²) in [5.41, 5.74) is 1.55. The van der Waals surface area contributed by atoms with Crippen molar-refractivity contribution in [1.29, 1.82) is 0 Å². The van der Waals surface area contributed by atoms with Crippen LogP contribution in [0.1, 0.15) is 31.4 Å². The fourth-order valence-electron chi connectivity index (χ4n) is 3.75. The van der Waals surface area contributed by atoms with Crippen molar-refractivity contribution in [3.63, 3.8) is 0 Å². The number of anilines is 1. The second kappa shape index (κ2) is 12.9. The van der Waals surface area contributed by atoms with Gasteiger partial charge in [-0.05, 0) is 67.8 Å². The summed E-state index contributed by atoms with van der Waals surface area (Å²) < 4.78 is 41.9. The van der Waals surface area contributed by atoms with E-state index in [-0.39, 0.29) is 23.0 Å². The van der Waals surface area contributed by atoms with Gasteiger partial charge in [0.25, 0.3) is 10.0 Å². The summed E-state index contributed by atoms with van der Waals surface area (Å²) in [5, 5.41) is 3.12. The number of rotatable bonds is 11. The van der Waals surface area contributed by atoms with Gasteiger partial charge >= 0.3 is 0 Å². The van der Waals surface area contributed by atoms with Crippen molar-refractivity contribution in [3.8, 4) is 0 Å². The molecular formula is C28H31ClFN3O4S. The number of sulfonamides is 1. The van der Waals surface area contributed by atoms with E-state index in [0.29, 0.717) is 23.6 Å². The Morgan fingerprint density at radius 2 is 1.68 bits per heavy atom. The number of hydrogen-bond donors (Lipinski definition) is 1. The molecule has 0 aliphatic carbocycles. The monoisotopic (exact) mass is 559 g/mol. The van der Waals surface area contributed by atoms with Crippen molar-refractivity contribution in [2.24, 2.45) is 0 Å². The third-order valence-corrected chi connectivity index (χ3v) is 8.23. The van der Waals surface area contributed by atoms with Gasteiger partial charge in [-0.1, -0.05) is 54.9 Å². The fourth-order valence-corrected chi connectivity index (χ4v) is 5.35. The highest BCUT2D eigenvalue weighted by Gasteiger charge is 2.32. The van der Waals surface area contributed by atoms with E-state index in [2.05, 4.69) is 5.32 Å². The van der Waals surface area contributed by atoms with Crippen LogP contribution >= 0.6 is 11.6 Å². The molecular weight excluding hydrogens is 529 g/mol. The van der Waals surface area contributed by atoms with Crippen molar-refractivity contribution >= 4 is 39.1 Å². The van der Waals surface area contributed by atoms with Gasteiger partial charge in [-0.2, -0.15) is 0 Å². The molecule has 38 heavy (non-hydrogen) atoms. The first-order valence-corrected chi connectivity index (χ1v) is 14.0. The van der Waals surface area contributed by atoms with Crippen LogP contribution in [0.5, 0.6) is 0 Å². The van der Waals surface area contributed by atoms with E-state index >= 15 is 0 Å². The van der Waals surface area contributed by atoms with Crippen molar-refractivity contribution in [3.05, 3.63) is 94.8 Å². The molecule has 3 aromatic carbocycles. The normalized spacial score (nSPS) is 12.0. The number of amides is 2. The van der Waals surface area contributed by atoms with E-state index in [1.807, 2.05) is 6.92 Å². The lowest BCUT2D eigenvalue weighted by Gasteiger charge is -2.32. The van der Waals surface area contributed by atoms with Crippen LogP contribution in [-0.4, -0.2) is 44.3 Å². The summed E-state index contributed by atoms with van der Waals surface area (Å²) in [5.74, 6) is -1.42. The molecule has 0 saturated carbocycles. The lowest BCUT2D eigenvalue weighted by Crippen LogP contribution is -2.51. The molecule has 1 unspecified atom stereocenters. The Kier molecular flexibility index (Phi) is 9.88. The quantitative estimate of drug-likeness (QED) is 0.361. The van der Waals surface area contributed by atoms with E-state index < -0.39 is 34.3 Å². The molecule has 0 aliphatic rings. The van der Waals surface area contributed by atoms with Crippen LogP contribution in [0.25, 0.3) is 0 Å². The predicted octanol–water partition coefficient (Wildman–Crippen LogP) is 4.93. The van der Waals surface area contributed by atoms with Gasteiger partial charge in [-0.3, -0.25) is 13.9 Å². The van der Waals surface area contributed by atoms with Crippen LogP contribution in [0.4, 0.5) is 10.1 Å². The van der Waals surface area contributed by atoms with Crippen LogP contribution < -0.4 is 9.62 Å². The number of aryl methyl sites for hydroxylation is 1. The fraction of sp³-hybridized carbons (Fsp3) is 0.286. The minimum Gasteiger partial charge on any atom is -0.354 e. The summed E-state index contributed by atoms with van der Waals surface area (Å²) in [4.78, 5) is 27.9. The molecule has 0 fully saturated rings.